The van der Waals surface area contributed by atoms with Gasteiger partial charge in [-0.1, -0.05) is 18.6 Å². The minimum absolute atomic E-state index is 0.00452. The van der Waals surface area contributed by atoms with Gasteiger partial charge >= 0.3 is 5.97 Å². The molecule has 1 aliphatic carbocycles. The Bertz CT molecular complexity index is 422. The van der Waals surface area contributed by atoms with Crippen molar-refractivity contribution in [3.63, 3.8) is 0 Å². The van der Waals surface area contributed by atoms with Crippen molar-refractivity contribution in [1.29, 1.82) is 0 Å². The van der Waals surface area contributed by atoms with Gasteiger partial charge in [-0.05, 0) is 31.6 Å². The summed E-state index contributed by atoms with van der Waals surface area (Å²) in [6.45, 7) is 2.39. The highest BCUT2D eigenvalue weighted by Crippen LogP contribution is 2.34. The lowest BCUT2D eigenvalue weighted by molar-refractivity contribution is 0.0689. The molecule has 0 radical (unpaired) electrons. The van der Waals surface area contributed by atoms with Crippen LogP contribution in [0.3, 0.4) is 0 Å². The molecular weight excluding hydrogens is 232 g/mol. The number of aromatic nitrogens is 3. The van der Waals surface area contributed by atoms with Gasteiger partial charge in [0.2, 0.25) is 0 Å². The van der Waals surface area contributed by atoms with Gasteiger partial charge in [0, 0.05) is 6.54 Å². The van der Waals surface area contributed by atoms with Crippen molar-refractivity contribution < 1.29 is 9.90 Å². The summed E-state index contributed by atoms with van der Waals surface area (Å²) in [5, 5.41) is 16.7. The molecule has 1 saturated carbocycles. The zero-order valence-corrected chi connectivity index (χ0v) is 10.7. The minimum atomic E-state index is -1.05. The minimum Gasteiger partial charge on any atom is -0.476 e. The summed E-state index contributed by atoms with van der Waals surface area (Å²) in [6, 6.07) is 0.256. The van der Waals surface area contributed by atoms with E-state index in [0.717, 1.165) is 18.8 Å². The molecule has 1 aromatic heterocycles. The molecule has 3 N–H and O–H groups in total. The van der Waals surface area contributed by atoms with E-state index in [1.54, 1.807) is 4.68 Å². The second-order valence-electron chi connectivity index (χ2n) is 4.92. The van der Waals surface area contributed by atoms with Gasteiger partial charge in [-0.2, -0.15) is 0 Å². The Kier molecular flexibility index (Phi) is 3.96. The lowest BCUT2D eigenvalue weighted by atomic mass is 9.84. The Morgan fingerprint density at radius 2 is 2.11 bits per heavy atom. The fourth-order valence-corrected chi connectivity index (χ4v) is 2.76. The maximum absolute atomic E-state index is 11.0. The number of hydrogen-bond acceptors (Lipinski definition) is 4. The van der Waals surface area contributed by atoms with Crippen LogP contribution in [0.25, 0.3) is 0 Å². The van der Waals surface area contributed by atoms with E-state index in [1.807, 2.05) is 0 Å². The molecule has 0 spiro atoms. The van der Waals surface area contributed by atoms with Gasteiger partial charge in [-0.3, -0.25) is 0 Å². The highest BCUT2D eigenvalue weighted by atomic mass is 16.4. The molecule has 0 saturated heterocycles. The lowest BCUT2D eigenvalue weighted by Crippen LogP contribution is -2.22. The number of rotatable bonds is 4. The molecule has 100 valence electrons. The predicted octanol–water partition coefficient (Wildman–Crippen LogP) is 1.58. The van der Waals surface area contributed by atoms with Crippen molar-refractivity contribution in [3.05, 3.63) is 11.4 Å². The van der Waals surface area contributed by atoms with Crippen molar-refractivity contribution in [2.45, 2.75) is 51.6 Å². The maximum atomic E-state index is 11.0. The third-order valence-corrected chi connectivity index (χ3v) is 3.93. The monoisotopic (exact) mass is 252 g/mol. The standard InChI is InChI=1S/C12H20N4O2/c1-2-8-3-5-9(6-4-8)16-10(7-13)11(12(17)18)14-15-16/h8-9H,2-7,13H2,1H3,(H,17,18). The van der Waals surface area contributed by atoms with E-state index in [9.17, 15) is 4.79 Å². The Morgan fingerprint density at radius 3 is 2.61 bits per heavy atom. The van der Waals surface area contributed by atoms with Gasteiger partial charge in [-0.25, -0.2) is 9.48 Å². The number of carbonyl (C=O) groups is 1. The summed E-state index contributed by atoms with van der Waals surface area (Å²) >= 11 is 0. The first kappa shape index (κ1) is 13.0. The Balaban J connectivity index is 2.16. The van der Waals surface area contributed by atoms with Crippen molar-refractivity contribution in [1.82, 2.24) is 15.0 Å². The molecule has 0 aromatic carbocycles. The van der Waals surface area contributed by atoms with Gasteiger partial charge in [0.15, 0.2) is 5.69 Å². The molecule has 0 aliphatic heterocycles. The van der Waals surface area contributed by atoms with Gasteiger partial charge in [0.05, 0.1) is 11.7 Å². The van der Waals surface area contributed by atoms with Crippen LogP contribution in [0.1, 0.15) is 61.3 Å². The van der Waals surface area contributed by atoms with Crippen LogP contribution in [-0.4, -0.2) is 26.1 Å². The first-order valence-electron chi connectivity index (χ1n) is 6.54. The van der Waals surface area contributed by atoms with Crippen LogP contribution < -0.4 is 5.73 Å². The highest BCUT2D eigenvalue weighted by molar-refractivity contribution is 5.86. The van der Waals surface area contributed by atoms with E-state index >= 15 is 0 Å². The van der Waals surface area contributed by atoms with Crippen molar-refractivity contribution in [2.24, 2.45) is 11.7 Å². The number of hydrogen-bond donors (Lipinski definition) is 2. The fourth-order valence-electron chi connectivity index (χ4n) is 2.76. The number of carboxylic acid groups (broad SMARTS) is 1. The summed E-state index contributed by atoms with van der Waals surface area (Å²) in [7, 11) is 0. The van der Waals surface area contributed by atoms with Crippen LogP contribution >= 0.6 is 0 Å². The third-order valence-electron chi connectivity index (χ3n) is 3.93. The second kappa shape index (κ2) is 5.48. The average Bonchev–Trinajstić information content (AvgIpc) is 2.82. The normalized spacial score (nSPS) is 24.1. The maximum Gasteiger partial charge on any atom is 0.358 e. The number of nitrogens with two attached hydrogens (primary N) is 1. The zero-order valence-electron chi connectivity index (χ0n) is 10.7. The summed E-state index contributed by atoms with van der Waals surface area (Å²) in [5.41, 5.74) is 6.17. The van der Waals surface area contributed by atoms with Crippen LogP contribution in [0.2, 0.25) is 0 Å². The average molecular weight is 252 g/mol. The molecule has 0 bridgehead atoms. The van der Waals surface area contributed by atoms with Crippen molar-refractivity contribution in [2.75, 3.05) is 0 Å². The lowest BCUT2D eigenvalue weighted by Gasteiger charge is -2.28. The van der Waals surface area contributed by atoms with E-state index in [0.29, 0.717) is 5.69 Å². The molecule has 0 atom stereocenters. The van der Waals surface area contributed by atoms with Gasteiger partial charge in [0.25, 0.3) is 0 Å². The molecular formula is C12H20N4O2. The third kappa shape index (κ3) is 2.38. The van der Waals surface area contributed by atoms with Crippen LogP contribution in [-0.2, 0) is 6.54 Å². The molecule has 1 heterocycles. The molecule has 0 amide bonds. The van der Waals surface area contributed by atoms with Crippen molar-refractivity contribution >= 4 is 5.97 Å². The number of carboxylic acids is 1. The van der Waals surface area contributed by atoms with E-state index in [4.69, 9.17) is 10.8 Å². The van der Waals surface area contributed by atoms with Crippen LogP contribution in [0.5, 0.6) is 0 Å². The van der Waals surface area contributed by atoms with E-state index in [2.05, 4.69) is 17.2 Å². The Morgan fingerprint density at radius 1 is 1.44 bits per heavy atom. The first-order valence-corrected chi connectivity index (χ1v) is 6.54. The van der Waals surface area contributed by atoms with Gasteiger partial charge in [-0.15, -0.1) is 5.10 Å². The summed E-state index contributed by atoms with van der Waals surface area (Å²) in [4.78, 5) is 11.0. The van der Waals surface area contributed by atoms with Crippen LogP contribution in [0, 0.1) is 5.92 Å². The van der Waals surface area contributed by atoms with Crippen LogP contribution in [0.15, 0.2) is 0 Å². The Hall–Kier alpha value is -1.43. The SMILES string of the molecule is CCC1CCC(n2nnc(C(=O)O)c2CN)CC1. The van der Waals surface area contributed by atoms with E-state index in [1.165, 1.54) is 19.3 Å². The van der Waals surface area contributed by atoms with Crippen LogP contribution in [0.4, 0.5) is 0 Å². The first-order chi connectivity index (χ1) is 8.67. The molecule has 18 heavy (non-hydrogen) atoms. The van der Waals surface area contributed by atoms with E-state index < -0.39 is 5.97 Å². The van der Waals surface area contributed by atoms with E-state index in [-0.39, 0.29) is 18.3 Å². The number of aromatic carboxylic acids is 1. The quantitative estimate of drug-likeness (QED) is 0.848. The molecule has 1 aromatic rings. The summed E-state index contributed by atoms with van der Waals surface area (Å²) < 4.78 is 1.73. The second-order valence-corrected chi connectivity index (χ2v) is 4.92. The van der Waals surface area contributed by atoms with Gasteiger partial charge < -0.3 is 10.8 Å². The van der Waals surface area contributed by atoms with Crippen molar-refractivity contribution in [3.8, 4) is 0 Å². The molecule has 0 unspecified atom stereocenters. The summed E-state index contributed by atoms with van der Waals surface area (Å²) in [6.07, 6.45) is 5.64. The zero-order chi connectivity index (χ0) is 13.1. The summed E-state index contributed by atoms with van der Waals surface area (Å²) in [5.74, 6) is -0.256. The largest absolute Gasteiger partial charge is 0.476 e. The molecule has 1 fully saturated rings. The highest BCUT2D eigenvalue weighted by Gasteiger charge is 2.26. The molecule has 2 rings (SSSR count). The fraction of sp³-hybridized carbons (Fsp3) is 0.750. The van der Waals surface area contributed by atoms with Gasteiger partial charge in [0.1, 0.15) is 0 Å². The predicted molar refractivity (Wildman–Crippen MR) is 66.2 cm³/mol. The number of nitrogens with zero attached hydrogens (tertiary/aromatic N) is 3. The Labute approximate surface area is 106 Å². The molecule has 6 heteroatoms. The smallest absolute Gasteiger partial charge is 0.358 e. The topological polar surface area (TPSA) is 94.0 Å². The molecule has 1 aliphatic rings. The molecule has 6 nitrogen and oxygen atoms in total.